The summed E-state index contributed by atoms with van der Waals surface area (Å²) in [7, 11) is 0. The molecular weight excluding hydrogens is 218 g/mol. The fraction of sp³-hybridized carbons (Fsp3) is 0.167. The molecule has 5 heteroatoms. The van der Waals surface area contributed by atoms with Crippen LogP contribution in [0.25, 0.3) is 0 Å². The minimum absolute atomic E-state index is 0.171. The molecule has 1 aromatic carbocycles. The van der Waals surface area contributed by atoms with Crippen LogP contribution in [0.15, 0.2) is 36.5 Å². The molecule has 0 atom stereocenters. The lowest BCUT2D eigenvalue weighted by atomic mass is 10.2. The Hall–Kier alpha value is -2.14. The second-order valence-electron chi connectivity index (χ2n) is 3.68. The number of primary amides is 1. The van der Waals surface area contributed by atoms with E-state index in [9.17, 15) is 4.79 Å². The molecule has 0 saturated carbocycles. The van der Waals surface area contributed by atoms with Crippen molar-refractivity contribution in [3.8, 4) is 0 Å². The van der Waals surface area contributed by atoms with Gasteiger partial charge in [-0.25, -0.2) is 4.98 Å². The first-order valence-electron chi connectivity index (χ1n) is 5.21. The minimum Gasteiger partial charge on any atom is -0.388 e. The van der Waals surface area contributed by atoms with Crippen LogP contribution in [0.5, 0.6) is 0 Å². The van der Waals surface area contributed by atoms with E-state index in [0.717, 1.165) is 5.56 Å². The quantitative estimate of drug-likeness (QED) is 0.805. The van der Waals surface area contributed by atoms with Crippen molar-refractivity contribution in [3.63, 3.8) is 0 Å². The topological polar surface area (TPSA) is 81.1 Å². The Bertz CT molecular complexity index is 520. The van der Waals surface area contributed by atoms with Crippen molar-refractivity contribution >= 4 is 5.91 Å². The molecule has 0 saturated heterocycles. The van der Waals surface area contributed by atoms with Crippen molar-refractivity contribution in [2.24, 2.45) is 5.73 Å². The van der Waals surface area contributed by atoms with Gasteiger partial charge in [-0.3, -0.25) is 4.79 Å². The summed E-state index contributed by atoms with van der Waals surface area (Å²) < 4.78 is 1.72. The molecule has 0 unspecified atom stereocenters. The van der Waals surface area contributed by atoms with Crippen LogP contribution in [0.1, 0.15) is 21.9 Å². The first kappa shape index (κ1) is 11.3. The number of nitrogens with two attached hydrogens (primary N) is 1. The SMILES string of the molecule is NC(=O)c1cn(Cc2ccccc2)c(CO)n1. The average molecular weight is 231 g/mol. The number of carbonyl (C=O) groups is 1. The van der Waals surface area contributed by atoms with Crippen LogP contribution in [-0.2, 0) is 13.2 Å². The average Bonchev–Trinajstić information content (AvgIpc) is 2.74. The zero-order valence-electron chi connectivity index (χ0n) is 9.21. The second kappa shape index (κ2) is 4.80. The van der Waals surface area contributed by atoms with Crippen LogP contribution >= 0.6 is 0 Å². The summed E-state index contributed by atoms with van der Waals surface area (Å²) in [4.78, 5) is 15.0. The van der Waals surface area contributed by atoms with E-state index < -0.39 is 5.91 Å². The third-order valence-corrected chi connectivity index (χ3v) is 2.45. The second-order valence-corrected chi connectivity index (χ2v) is 3.68. The molecule has 0 radical (unpaired) electrons. The van der Waals surface area contributed by atoms with Gasteiger partial charge in [0.1, 0.15) is 18.1 Å². The molecule has 0 bridgehead atoms. The molecule has 0 aliphatic rings. The molecule has 0 spiro atoms. The van der Waals surface area contributed by atoms with Gasteiger partial charge in [0.15, 0.2) is 0 Å². The molecule has 17 heavy (non-hydrogen) atoms. The van der Waals surface area contributed by atoms with Gasteiger partial charge in [0.05, 0.1) is 0 Å². The van der Waals surface area contributed by atoms with E-state index in [-0.39, 0.29) is 12.3 Å². The molecule has 1 amide bonds. The number of carbonyl (C=O) groups excluding carboxylic acids is 1. The summed E-state index contributed by atoms with van der Waals surface area (Å²) in [6.07, 6.45) is 1.56. The van der Waals surface area contributed by atoms with Gasteiger partial charge in [0, 0.05) is 12.7 Å². The summed E-state index contributed by atoms with van der Waals surface area (Å²) in [5.74, 6) is -0.158. The number of amides is 1. The lowest BCUT2D eigenvalue weighted by Gasteiger charge is -2.05. The van der Waals surface area contributed by atoms with Crippen molar-refractivity contribution in [2.45, 2.75) is 13.2 Å². The zero-order valence-corrected chi connectivity index (χ0v) is 9.21. The van der Waals surface area contributed by atoms with E-state index in [2.05, 4.69) is 4.98 Å². The largest absolute Gasteiger partial charge is 0.388 e. The fourth-order valence-electron chi connectivity index (χ4n) is 1.62. The van der Waals surface area contributed by atoms with Gasteiger partial charge in [0.2, 0.25) is 0 Å². The summed E-state index contributed by atoms with van der Waals surface area (Å²) in [5, 5.41) is 9.16. The van der Waals surface area contributed by atoms with Crippen LogP contribution in [0.3, 0.4) is 0 Å². The van der Waals surface area contributed by atoms with Crippen LogP contribution in [0, 0.1) is 0 Å². The van der Waals surface area contributed by atoms with E-state index in [1.165, 1.54) is 0 Å². The number of benzene rings is 1. The standard InChI is InChI=1S/C12H13N3O2/c13-12(17)10-7-15(11(8-16)14-10)6-9-4-2-1-3-5-9/h1-5,7,16H,6,8H2,(H2,13,17). The summed E-state index contributed by atoms with van der Waals surface area (Å²) in [6.45, 7) is 0.330. The third-order valence-electron chi connectivity index (χ3n) is 2.45. The molecule has 0 aliphatic heterocycles. The number of hydrogen-bond acceptors (Lipinski definition) is 3. The number of aliphatic hydroxyl groups excluding tert-OH is 1. The first-order valence-corrected chi connectivity index (χ1v) is 5.21. The minimum atomic E-state index is -0.591. The Morgan fingerprint density at radius 2 is 2.06 bits per heavy atom. The monoisotopic (exact) mass is 231 g/mol. The van der Waals surface area contributed by atoms with Gasteiger partial charge in [-0.1, -0.05) is 30.3 Å². The summed E-state index contributed by atoms with van der Waals surface area (Å²) in [5.41, 5.74) is 6.38. The highest BCUT2D eigenvalue weighted by molar-refractivity contribution is 5.90. The first-order chi connectivity index (χ1) is 8.20. The Morgan fingerprint density at radius 3 is 2.65 bits per heavy atom. The van der Waals surface area contributed by atoms with Crippen LogP contribution < -0.4 is 5.73 Å². The Balaban J connectivity index is 2.29. The van der Waals surface area contributed by atoms with Gasteiger partial charge >= 0.3 is 0 Å². The molecule has 88 valence electrons. The number of hydrogen-bond donors (Lipinski definition) is 2. The third kappa shape index (κ3) is 2.51. The molecular formula is C12H13N3O2. The number of imidazole rings is 1. The van der Waals surface area contributed by atoms with Crippen molar-refractivity contribution in [1.82, 2.24) is 9.55 Å². The molecule has 3 N–H and O–H groups in total. The molecule has 5 nitrogen and oxygen atoms in total. The van der Waals surface area contributed by atoms with Gasteiger partial charge in [-0.2, -0.15) is 0 Å². The molecule has 0 fully saturated rings. The maximum atomic E-state index is 11.0. The van der Waals surface area contributed by atoms with Gasteiger partial charge in [-0.05, 0) is 5.56 Å². The van der Waals surface area contributed by atoms with E-state index in [0.29, 0.717) is 12.4 Å². The smallest absolute Gasteiger partial charge is 0.268 e. The Morgan fingerprint density at radius 1 is 1.35 bits per heavy atom. The molecule has 1 aromatic heterocycles. The molecule has 2 aromatic rings. The number of aliphatic hydroxyl groups is 1. The predicted octanol–water partition coefficient (Wildman–Crippen LogP) is 0.523. The fourth-order valence-corrected chi connectivity index (χ4v) is 1.62. The van der Waals surface area contributed by atoms with Crippen LogP contribution in [0.4, 0.5) is 0 Å². The van der Waals surface area contributed by atoms with Crippen molar-refractivity contribution in [3.05, 3.63) is 53.6 Å². The van der Waals surface area contributed by atoms with E-state index in [1.807, 2.05) is 30.3 Å². The number of rotatable bonds is 4. The molecule has 1 heterocycles. The zero-order chi connectivity index (χ0) is 12.3. The van der Waals surface area contributed by atoms with Crippen molar-refractivity contribution < 1.29 is 9.90 Å². The highest BCUT2D eigenvalue weighted by Gasteiger charge is 2.10. The van der Waals surface area contributed by atoms with E-state index in [1.54, 1.807) is 10.8 Å². The van der Waals surface area contributed by atoms with E-state index >= 15 is 0 Å². The maximum Gasteiger partial charge on any atom is 0.268 e. The van der Waals surface area contributed by atoms with Crippen LogP contribution in [0.2, 0.25) is 0 Å². The summed E-state index contributed by atoms with van der Waals surface area (Å²) >= 11 is 0. The Labute approximate surface area is 98.5 Å². The highest BCUT2D eigenvalue weighted by Crippen LogP contribution is 2.08. The lowest BCUT2D eigenvalue weighted by Crippen LogP contribution is -2.11. The number of nitrogens with zero attached hydrogens (tertiary/aromatic N) is 2. The van der Waals surface area contributed by atoms with Crippen LogP contribution in [-0.4, -0.2) is 20.6 Å². The van der Waals surface area contributed by atoms with E-state index in [4.69, 9.17) is 10.8 Å². The maximum absolute atomic E-state index is 11.0. The highest BCUT2D eigenvalue weighted by atomic mass is 16.3. The predicted molar refractivity (Wildman–Crippen MR) is 62.2 cm³/mol. The Kier molecular flexibility index (Phi) is 3.20. The summed E-state index contributed by atoms with van der Waals surface area (Å²) in [6, 6.07) is 9.72. The van der Waals surface area contributed by atoms with Crippen molar-refractivity contribution in [1.29, 1.82) is 0 Å². The van der Waals surface area contributed by atoms with Crippen molar-refractivity contribution in [2.75, 3.05) is 0 Å². The van der Waals surface area contributed by atoms with Gasteiger partial charge in [-0.15, -0.1) is 0 Å². The lowest BCUT2D eigenvalue weighted by molar-refractivity contribution is 0.0995. The molecule has 0 aliphatic carbocycles. The van der Waals surface area contributed by atoms with Gasteiger partial charge in [0.25, 0.3) is 5.91 Å². The normalized spacial score (nSPS) is 10.4. The number of aromatic nitrogens is 2. The van der Waals surface area contributed by atoms with Gasteiger partial charge < -0.3 is 15.4 Å². The molecule has 2 rings (SSSR count).